The fraction of sp³-hybridized carbons (Fsp3) is 0.0714. The van der Waals surface area contributed by atoms with E-state index in [-0.39, 0.29) is 17.2 Å². The second-order valence-electron chi connectivity index (χ2n) is 4.10. The van der Waals surface area contributed by atoms with Crippen LogP contribution in [0, 0.1) is 0 Å². The third kappa shape index (κ3) is 2.60. The summed E-state index contributed by atoms with van der Waals surface area (Å²) in [6.45, 7) is 1.48. The van der Waals surface area contributed by atoms with Gasteiger partial charge in [0.05, 0.1) is 0 Å². The molecule has 0 spiro atoms. The molecule has 0 fully saturated rings. The van der Waals surface area contributed by atoms with Gasteiger partial charge in [0, 0.05) is 17.3 Å². The van der Waals surface area contributed by atoms with Crippen LogP contribution in [0.3, 0.4) is 0 Å². The Morgan fingerprint density at radius 1 is 1.21 bits per heavy atom. The second-order valence-corrected chi connectivity index (χ2v) is 4.10. The van der Waals surface area contributed by atoms with E-state index in [9.17, 15) is 9.59 Å². The van der Waals surface area contributed by atoms with Crippen molar-refractivity contribution in [2.75, 3.05) is 5.73 Å². The maximum absolute atomic E-state index is 11.3. The predicted octanol–water partition coefficient (Wildman–Crippen LogP) is 2.23. The van der Waals surface area contributed by atoms with Gasteiger partial charge in [-0.1, -0.05) is 18.2 Å². The van der Waals surface area contributed by atoms with Crippen molar-refractivity contribution in [2.24, 2.45) is 0 Å². The van der Waals surface area contributed by atoms with Gasteiger partial charge in [-0.2, -0.15) is 0 Å². The summed E-state index contributed by atoms with van der Waals surface area (Å²) < 4.78 is 0. The quantitative estimate of drug-likeness (QED) is 0.821. The lowest BCUT2D eigenvalue weighted by Crippen LogP contribution is -2.04. The number of aromatic carboxylic acids is 1. The van der Waals surface area contributed by atoms with Crippen molar-refractivity contribution in [1.29, 1.82) is 0 Å². The minimum atomic E-state index is -1.13. The number of benzene rings is 1. The molecule has 1 aromatic carbocycles. The van der Waals surface area contributed by atoms with Crippen LogP contribution in [0.2, 0.25) is 0 Å². The monoisotopic (exact) mass is 256 g/mol. The second kappa shape index (κ2) is 4.89. The molecule has 0 aliphatic carbocycles. The Balaban J connectivity index is 2.53. The average molecular weight is 256 g/mol. The van der Waals surface area contributed by atoms with E-state index in [4.69, 9.17) is 10.8 Å². The van der Waals surface area contributed by atoms with E-state index in [1.165, 1.54) is 19.2 Å². The Labute approximate surface area is 109 Å². The number of Topliss-reactive ketones (excluding diaryl/α,β-unsaturated/α-hetero) is 1. The van der Waals surface area contributed by atoms with Gasteiger partial charge in [-0.3, -0.25) is 4.79 Å². The van der Waals surface area contributed by atoms with Gasteiger partial charge in [0.15, 0.2) is 5.78 Å². The molecule has 96 valence electrons. The third-order valence-electron chi connectivity index (χ3n) is 2.75. The van der Waals surface area contributed by atoms with Crippen molar-refractivity contribution >= 4 is 17.6 Å². The van der Waals surface area contributed by atoms with Crippen molar-refractivity contribution in [3.63, 3.8) is 0 Å². The normalized spacial score (nSPS) is 10.2. The molecule has 1 aromatic heterocycles. The van der Waals surface area contributed by atoms with Crippen LogP contribution in [0.4, 0.5) is 5.82 Å². The highest BCUT2D eigenvalue weighted by Crippen LogP contribution is 2.23. The molecule has 0 radical (unpaired) electrons. The van der Waals surface area contributed by atoms with E-state index in [1.54, 1.807) is 24.3 Å². The van der Waals surface area contributed by atoms with Crippen LogP contribution in [0.5, 0.6) is 0 Å². The van der Waals surface area contributed by atoms with Crippen molar-refractivity contribution in [3.05, 3.63) is 47.7 Å². The fourth-order valence-corrected chi connectivity index (χ4v) is 1.72. The first-order valence-corrected chi connectivity index (χ1v) is 5.59. The lowest BCUT2D eigenvalue weighted by atomic mass is 10.0. The topological polar surface area (TPSA) is 93.3 Å². The molecule has 19 heavy (non-hydrogen) atoms. The zero-order valence-electron chi connectivity index (χ0n) is 10.3. The van der Waals surface area contributed by atoms with Crippen LogP contribution in [0.15, 0.2) is 36.5 Å². The Kier molecular flexibility index (Phi) is 3.29. The van der Waals surface area contributed by atoms with E-state index in [2.05, 4.69) is 4.98 Å². The third-order valence-corrected chi connectivity index (χ3v) is 2.75. The van der Waals surface area contributed by atoms with E-state index in [1.807, 2.05) is 0 Å². The van der Waals surface area contributed by atoms with Crippen molar-refractivity contribution in [2.45, 2.75) is 6.92 Å². The van der Waals surface area contributed by atoms with E-state index < -0.39 is 5.97 Å². The average Bonchev–Trinajstić information content (AvgIpc) is 2.39. The van der Waals surface area contributed by atoms with Gasteiger partial charge in [0.1, 0.15) is 11.4 Å². The SMILES string of the molecule is CC(=O)c1cccc(-c2cnc(N)c(C(=O)O)c2)c1. The van der Waals surface area contributed by atoms with Crippen LogP contribution in [-0.4, -0.2) is 21.8 Å². The molecular formula is C14H12N2O3. The number of nitrogens with two attached hydrogens (primary N) is 1. The first kappa shape index (κ1) is 12.8. The fourth-order valence-electron chi connectivity index (χ4n) is 1.72. The number of hydrogen-bond acceptors (Lipinski definition) is 4. The zero-order valence-corrected chi connectivity index (χ0v) is 10.3. The highest BCUT2D eigenvalue weighted by molar-refractivity contribution is 5.96. The summed E-state index contributed by atoms with van der Waals surface area (Å²) in [5, 5.41) is 9.01. The summed E-state index contributed by atoms with van der Waals surface area (Å²) in [4.78, 5) is 26.2. The molecule has 5 heteroatoms. The molecule has 5 nitrogen and oxygen atoms in total. The maximum Gasteiger partial charge on any atom is 0.339 e. The minimum absolute atomic E-state index is 0.0287. The number of anilines is 1. The molecule has 2 rings (SSSR count). The van der Waals surface area contributed by atoms with Gasteiger partial charge < -0.3 is 10.8 Å². The molecular weight excluding hydrogens is 244 g/mol. The lowest BCUT2D eigenvalue weighted by Gasteiger charge is -2.06. The summed E-state index contributed by atoms with van der Waals surface area (Å²) in [7, 11) is 0. The van der Waals surface area contributed by atoms with Gasteiger partial charge in [-0.25, -0.2) is 9.78 Å². The first-order valence-electron chi connectivity index (χ1n) is 5.59. The molecule has 2 aromatic rings. The molecule has 0 atom stereocenters. The first-order chi connectivity index (χ1) is 8.99. The summed E-state index contributed by atoms with van der Waals surface area (Å²) in [6, 6.07) is 8.37. The molecule has 0 aliphatic heterocycles. The number of nitrogen functional groups attached to an aromatic ring is 1. The van der Waals surface area contributed by atoms with Crippen LogP contribution in [0.25, 0.3) is 11.1 Å². The Morgan fingerprint density at radius 2 is 1.95 bits per heavy atom. The summed E-state index contributed by atoms with van der Waals surface area (Å²) in [5.74, 6) is -1.21. The summed E-state index contributed by atoms with van der Waals surface area (Å²) in [5.41, 5.74) is 7.34. The van der Waals surface area contributed by atoms with Gasteiger partial charge in [-0.15, -0.1) is 0 Å². The Hall–Kier alpha value is -2.69. The number of carbonyl (C=O) groups excluding carboxylic acids is 1. The van der Waals surface area contributed by atoms with Gasteiger partial charge in [0.25, 0.3) is 0 Å². The Bertz CT molecular complexity index is 665. The standard InChI is InChI=1S/C14H12N2O3/c1-8(17)9-3-2-4-10(5-9)11-6-12(14(18)19)13(15)16-7-11/h2-7H,1H3,(H2,15,16)(H,18,19). The van der Waals surface area contributed by atoms with E-state index in [0.717, 1.165) is 5.56 Å². The molecule has 0 saturated heterocycles. The van der Waals surface area contributed by atoms with Crippen LogP contribution in [0.1, 0.15) is 27.6 Å². The predicted molar refractivity (Wildman–Crippen MR) is 71.0 cm³/mol. The van der Waals surface area contributed by atoms with E-state index in [0.29, 0.717) is 11.1 Å². The zero-order chi connectivity index (χ0) is 14.0. The lowest BCUT2D eigenvalue weighted by molar-refractivity contribution is 0.0697. The van der Waals surface area contributed by atoms with Crippen LogP contribution >= 0.6 is 0 Å². The molecule has 1 heterocycles. The van der Waals surface area contributed by atoms with Crippen LogP contribution in [-0.2, 0) is 0 Å². The molecule has 0 unspecified atom stereocenters. The largest absolute Gasteiger partial charge is 0.478 e. The van der Waals surface area contributed by atoms with E-state index >= 15 is 0 Å². The van der Waals surface area contributed by atoms with Crippen molar-refractivity contribution < 1.29 is 14.7 Å². The number of nitrogens with zero attached hydrogens (tertiary/aromatic N) is 1. The maximum atomic E-state index is 11.3. The highest BCUT2D eigenvalue weighted by Gasteiger charge is 2.11. The minimum Gasteiger partial charge on any atom is -0.478 e. The number of carboxylic acids is 1. The molecule has 0 aliphatic rings. The highest BCUT2D eigenvalue weighted by atomic mass is 16.4. The summed E-state index contributed by atoms with van der Waals surface area (Å²) >= 11 is 0. The van der Waals surface area contributed by atoms with Crippen molar-refractivity contribution in [1.82, 2.24) is 4.98 Å². The summed E-state index contributed by atoms with van der Waals surface area (Å²) in [6.07, 6.45) is 1.49. The number of hydrogen-bond donors (Lipinski definition) is 2. The van der Waals surface area contributed by atoms with Gasteiger partial charge >= 0.3 is 5.97 Å². The van der Waals surface area contributed by atoms with Gasteiger partial charge in [-0.05, 0) is 24.6 Å². The number of aromatic nitrogens is 1. The van der Waals surface area contributed by atoms with Crippen LogP contribution < -0.4 is 5.73 Å². The number of rotatable bonds is 3. The molecule has 0 saturated carbocycles. The van der Waals surface area contributed by atoms with Gasteiger partial charge in [0.2, 0.25) is 0 Å². The van der Waals surface area contributed by atoms with Crippen molar-refractivity contribution in [3.8, 4) is 11.1 Å². The molecule has 0 amide bonds. The smallest absolute Gasteiger partial charge is 0.339 e. The number of ketones is 1. The number of pyridine rings is 1. The Morgan fingerprint density at radius 3 is 2.58 bits per heavy atom. The number of carboxylic acid groups (broad SMARTS) is 1. The molecule has 0 bridgehead atoms. The number of carbonyl (C=O) groups is 2. The molecule has 3 N–H and O–H groups in total.